The van der Waals surface area contributed by atoms with Crippen LogP contribution in [0.4, 0.5) is 0 Å². The van der Waals surface area contributed by atoms with Crippen LogP contribution < -0.4 is 25.9 Å². The van der Waals surface area contributed by atoms with E-state index >= 15 is 0 Å². The van der Waals surface area contributed by atoms with Gasteiger partial charge in [0.1, 0.15) is 40.2 Å². The van der Waals surface area contributed by atoms with Gasteiger partial charge in [-0.3, -0.25) is 9.13 Å². The fraction of sp³-hybridized carbons (Fsp3) is 0. The molecule has 8 heteroatoms. The maximum atomic E-state index is 11.4. The normalized spacial score (nSPS) is 12.3. The van der Waals surface area contributed by atoms with Gasteiger partial charge >= 0.3 is 0 Å². The van der Waals surface area contributed by atoms with Crippen LogP contribution in [0.2, 0.25) is 0 Å². The highest BCUT2D eigenvalue weighted by Gasteiger charge is 2.42. The van der Waals surface area contributed by atoms with Crippen molar-refractivity contribution in [2.45, 2.75) is 0 Å². The molecule has 0 aliphatic carbocycles. The Kier molecular flexibility index (Phi) is 9.01. The number of hydrogen-bond donors (Lipinski definition) is 1. The van der Waals surface area contributed by atoms with E-state index in [9.17, 15) is 5.11 Å². The number of aromatic nitrogens is 4. The van der Waals surface area contributed by atoms with Crippen molar-refractivity contribution in [1.29, 1.82) is 0 Å². The van der Waals surface area contributed by atoms with E-state index in [1.54, 1.807) is 6.07 Å². The smallest absolute Gasteiger partial charge is 0.260 e. The molecule has 10 aromatic carbocycles. The molecule has 14 rings (SSSR count). The van der Waals surface area contributed by atoms with Gasteiger partial charge in [-0.1, -0.05) is 176 Å². The van der Waals surface area contributed by atoms with Crippen LogP contribution in [-0.4, -0.2) is 30.9 Å². The van der Waals surface area contributed by atoms with E-state index in [0.29, 0.717) is 11.4 Å². The molecule has 12 aromatic rings. The van der Waals surface area contributed by atoms with Crippen LogP contribution in [0, 0.1) is 0 Å². The van der Waals surface area contributed by atoms with E-state index in [0.717, 1.165) is 118 Å². The Hall–Kier alpha value is -9.40. The molecule has 0 unspecified atom stereocenters. The number of imidazole rings is 2. The number of rotatable bonds is 7. The van der Waals surface area contributed by atoms with Gasteiger partial charge < -0.3 is 14.6 Å². The number of phenols is 1. The molecule has 0 radical (unpaired) electrons. The summed E-state index contributed by atoms with van der Waals surface area (Å²) in [6.07, 6.45) is 0. The number of fused-ring (bicyclic) bond motifs is 7. The summed E-state index contributed by atoms with van der Waals surface area (Å²) in [6.45, 7) is -0.105. The second-order valence-electron chi connectivity index (χ2n) is 17.8. The Morgan fingerprint density at radius 1 is 0.400 bits per heavy atom. The van der Waals surface area contributed by atoms with E-state index in [1.807, 2.05) is 48.5 Å². The van der Waals surface area contributed by atoms with Crippen LogP contribution in [0.15, 0.2) is 231 Å². The van der Waals surface area contributed by atoms with E-state index < -0.39 is 0 Å². The number of phenolic OH excluding ortho intramolecular Hbond substituents is 1. The molecule has 0 saturated carbocycles. The Morgan fingerprint density at radius 2 is 0.943 bits per heavy atom. The highest BCUT2D eigenvalue weighted by atomic mass is 16.5. The summed E-state index contributed by atoms with van der Waals surface area (Å²) in [6, 6.07) is 78.9. The van der Waals surface area contributed by atoms with Crippen molar-refractivity contribution in [1.82, 2.24) is 19.1 Å². The van der Waals surface area contributed by atoms with Gasteiger partial charge in [0.25, 0.3) is 6.71 Å². The number of nitrogens with zero attached hydrogens (tertiary/aromatic N) is 4. The molecule has 4 heterocycles. The minimum atomic E-state index is -0.105. The Labute approximate surface area is 403 Å². The number of para-hydroxylation sites is 6. The maximum absolute atomic E-state index is 11.4. The molecule has 2 aliphatic heterocycles. The summed E-state index contributed by atoms with van der Waals surface area (Å²) in [4.78, 5) is 11.0. The highest BCUT2D eigenvalue weighted by Crippen LogP contribution is 2.45. The van der Waals surface area contributed by atoms with Crippen LogP contribution in [-0.2, 0) is 0 Å². The number of hydrogen-bond acceptors (Lipinski definition) is 5. The van der Waals surface area contributed by atoms with Crippen molar-refractivity contribution in [2.24, 2.45) is 0 Å². The second-order valence-corrected chi connectivity index (χ2v) is 17.8. The van der Waals surface area contributed by atoms with Crippen molar-refractivity contribution < 1.29 is 14.6 Å². The monoisotopic (exact) mass is 898 g/mol. The molecule has 0 amide bonds. The van der Waals surface area contributed by atoms with Crippen molar-refractivity contribution in [3.05, 3.63) is 231 Å². The number of ether oxygens (including phenoxy) is 2. The lowest BCUT2D eigenvalue weighted by molar-refractivity contribution is 0.467. The van der Waals surface area contributed by atoms with Crippen molar-refractivity contribution >= 4 is 45.2 Å². The average molecular weight is 899 g/mol. The summed E-state index contributed by atoms with van der Waals surface area (Å²) in [5, 5.41) is 11.4. The Bertz CT molecular complexity index is 4040. The molecule has 70 heavy (non-hydrogen) atoms. The quantitative estimate of drug-likeness (QED) is 0.161. The third kappa shape index (κ3) is 6.17. The summed E-state index contributed by atoms with van der Waals surface area (Å²) >= 11 is 0. The van der Waals surface area contributed by atoms with Gasteiger partial charge in [-0.2, -0.15) is 0 Å². The zero-order valence-electron chi connectivity index (χ0n) is 37.6. The van der Waals surface area contributed by atoms with Crippen LogP contribution in [0.3, 0.4) is 0 Å². The average Bonchev–Trinajstić information content (AvgIpc) is 4.01. The van der Waals surface area contributed by atoms with Crippen LogP contribution in [0.5, 0.6) is 28.7 Å². The Morgan fingerprint density at radius 3 is 1.64 bits per heavy atom. The van der Waals surface area contributed by atoms with Crippen molar-refractivity contribution in [3.8, 4) is 96.3 Å². The third-order valence-electron chi connectivity index (χ3n) is 13.8. The molecular weight excluding hydrogens is 860 g/mol. The number of aromatic hydroxyl groups is 1. The first-order valence-corrected chi connectivity index (χ1v) is 23.5. The van der Waals surface area contributed by atoms with Crippen LogP contribution in [0.1, 0.15) is 0 Å². The summed E-state index contributed by atoms with van der Waals surface area (Å²) in [7, 11) is 0. The van der Waals surface area contributed by atoms with Crippen molar-refractivity contribution in [3.63, 3.8) is 0 Å². The molecule has 328 valence electrons. The Balaban J connectivity index is 1.02. The van der Waals surface area contributed by atoms with Gasteiger partial charge in [0.05, 0.1) is 33.5 Å². The molecular formula is C62H39BN4O3. The lowest BCUT2D eigenvalue weighted by Crippen LogP contribution is -2.57. The fourth-order valence-electron chi connectivity index (χ4n) is 10.7. The van der Waals surface area contributed by atoms with Crippen molar-refractivity contribution in [2.75, 3.05) is 0 Å². The van der Waals surface area contributed by atoms with Crippen LogP contribution in [0.25, 0.3) is 89.6 Å². The van der Waals surface area contributed by atoms with Gasteiger partial charge in [0.15, 0.2) is 5.75 Å². The van der Waals surface area contributed by atoms with E-state index in [2.05, 4.69) is 185 Å². The van der Waals surface area contributed by atoms with Crippen LogP contribution >= 0.6 is 0 Å². The first-order valence-electron chi connectivity index (χ1n) is 23.5. The first kappa shape index (κ1) is 39.7. The van der Waals surface area contributed by atoms with E-state index in [1.165, 1.54) is 0 Å². The molecule has 0 bridgehead atoms. The zero-order valence-corrected chi connectivity index (χ0v) is 37.6. The second kappa shape index (κ2) is 15.9. The predicted octanol–water partition coefficient (Wildman–Crippen LogP) is 13.1. The minimum Gasteiger partial charge on any atom is -0.507 e. The van der Waals surface area contributed by atoms with Gasteiger partial charge in [0, 0.05) is 33.8 Å². The van der Waals surface area contributed by atoms with E-state index in [-0.39, 0.29) is 12.5 Å². The van der Waals surface area contributed by atoms with Gasteiger partial charge in [-0.15, -0.1) is 0 Å². The zero-order chi connectivity index (χ0) is 46.3. The van der Waals surface area contributed by atoms with Gasteiger partial charge in [-0.25, -0.2) is 9.97 Å². The summed E-state index contributed by atoms with van der Waals surface area (Å²) in [5.74, 6) is 4.65. The molecule has 2 aliphatic rings. The molecule has 2 aromatic heterocycles. The fourth-order valence-corrected chi connectivity index (χ4v) is 10.7. The molecule has 0 spiro atoms. The molecule has 7 nitrogen and oxygen atoms in total. The largest absolute Gasteiger partial charge is 0.507 e. The molecule has 1 N–H and O–H groups in total. The van der Waals surface area contributed by atoms with Gasteiger partial charge in [0.2, 0.25) is 0 Å². The maximum Gasteiger partial charge on any atom is 0.260 e. The topological polar surface area (TPSA) is 74.3 Å². The molecule has 0 fully saturated rings. The SMILES string of the molecule is Oc1ccccc1-c1nc2c(-c3cccc(-c4nc5cc6c7c(c5n4-c4ccccc4-c4ccccc4)Oc4ccccc4B7c4ccccc4O6)c3)cccc2n1-c1ccccc1-c1ccccc1. The minimum absolute atomic E-state index is 0.105. The van der Waals surface area contributed by atoms with E-state index in [4.69, 9.17) is 19.4 Å². The first-order chi connectivity index (χ1) is 34.7. The number of benzene rings is 10. The predicted molar refractivity (Wildman–Crippen MR) is 282 cm³/mol. The lowest BCUT2D eigenvalue weighted by Gasteiger charge is -2.33. The van der Waals surface area contributed by atoms with Gasteiger partial charge in [-0.05, 0) is 76.1 Å². The third-order valence-corrected chi connectivity index (χ3v) is 13.8. The lowest BCUT2D eigenvalue weighted by atomic mass is 9.35. The standard InChI is InChI=1S/C62H39BN4O3/c68-53-34-14-9-27-46(53)62-65-58-45(28-18-33-52(58)66(62)50-31-12-7-25-43(50)39-19-3-1-4-20-39)41-23-17-24-42(37-41)61-64-49-38-56-57-60(59(49)67(61)51-32-13-8-26-44(51)40-21-5-2-6-22-40)70-55-36-16-11-30-48(55)63(57)47-29-10-15-35-54(47)69-56/h1-38,68H. The summed E-state index contributed by atoms with van der Waals surface area (Å²) in [5.41, 5.74) is 16.2. The molecule has 0 atom stereocenters. The summed E-state index contributed by atoms with van der Waals surface area (Å²) < 4.78 is 18.4. The highest BCUT2D eigenvalue weighted by molar-refractivity contribution is 6.98. The molecule has 0 saturated heterocycles.